The van der Waals surface area contributed by atoms with Crippen LogP contribution in [0.2, 0.25) is 0 Å². The molecule has 2 atom stereocenters. The Hall–Kier alpha value is -3.07. The number of benzene rings is 2. The molecule has 0 saturated carbocycles. The second kappa shape index (κ2) is 20.8. The molecule has 0 saturated heterocycles. The first-order valence-electron chi connectivity index (χ1n) is 16.1. The maximum absolute atomic E-state index is 10.7. The van der Waals surface area contributed by atoms with Crippen molar-refractivity contribution in [2.75, 3.05) is 28.4 Å². The summed E-state index contributed by atoms with van der Waals surface area (Å²) in [5.41, 5.74) is 1.69. The Morgan fingerprint density at radius 3 is 2.05 bits per heavy atom. The van der Waals surface area contributed by atoms with Crippen molar-refractivity contribution in [2.24, 2.45) is 10.2 Å². The summed E-state index contributed by atoms with van der Waals surface area (Å²) in [6.07, 6.45) is 18.1. The Bertz CT molecular complexity index is 1080. The highest BCUT2D eigenvalue weighted by Crippen LogP contribution is 2.40. The van der Waals surface area contributed by atoms with E-state index in [4.69, 9.17) is 14.2 Å². The van der Waals surface area contributed by atoms with E-state index in [0.717, 1.165) is 56.3 Å². The van der Waals surface area contributed by atoms with Crippen molar-refractivity contribution in [3.8, 4) is 23.3 Å². The van der Waals surface area contributed by atoms with Gasteiger partial charge < -0.3 is 14.2 Å². The molecule has 0 aliphatic carbocycles. The summed E-state index contributed by atoms with van der Waals surface area (Å²) < 4.78 is 16.5. The summed E-state index contributed by atoms with van der Waals surface area (Å²) >= 11 is 0. The second-order valence-corrected chi connectivity index (χ2v) is 11.4. The van der Waals surface area contributed by atoms with Crippen LogP contribution < -0.4 is 14.2 Å². The quantitative estimate of drug-likeness (QED) is 0.0972. The van der Waals surface area contributed by atoms with E-state index in [-0.39, 0.29) is 6.04 Å². The molecule has 0 N–H and O–H groups in total. The van der Waals surface area contributed by atoms with Crippen LogP contribution in [0.25, 0.3) is 0 Å². The molecule has 6 heteroatoms. The van der Waals surface area contributed by atoms with Crippen LogP contribution in [0.15, 0.2) is 52.7 Å². The van der Waals surface area contributed by atoms with E-state index in [9.17, 15) is 5.26 Å². The van der Waals surface area contributed by atoms with E-state index in [1.807, 2.05) is 30.3 Å². The second-order valence-electron chi connectivity index (χ2n) is 11.4. The van der Waals surface area contributed by atoms with Crippen LogP contribution in [0.3, 0.4) is 0 Å². The molecule has 0 bridgehead atoms. The molecule has 2 aromatic rings. The van der Waals surface area contributed by atoms with E-state index in [2.05, 4.69) is 35.4 Å². The highest BCUT2D eigenvalue weighted by atomic mass is 16.5. The Morgan fingerprint density at radius 1 is 0.762 bits per heavy atom. The molecule has 2 unspecified atom stereocenters. The number of hydrogen-bond acceptors (Lipinski definition) is 6. The Labute approximate surface area is 255 Å². The smallest absolute Gasteiger partial charge is 0.161 e. The molecule has 232 valence electrons. The minimum absolute atomic E-state index is 0.125. The first-order valence-corrected chi connectivity index (χ1v) is 16.1. The van der Waals surface area contributed by atoms with Crippen molar-refractivity contribution in [2.45, 2.75) is 121 Å². The fraction of sp³-hybridized carbons (Fsp3) is 0.639. The average molecular weight is 578 g/mol. The normalized spacial score (nSPS) is 13.4. The van der Waals surface area contributed by atoms with Crippen LogP contribution in [-0.2, 0) is 11.8 Å². The molecule has 0 aliphatic heterocycles. The van der Waals surface area contributed by atoms with Gasteiger partial charge in [0.25, 0.3) is 0 Å². The molecule has 0 radical (unpaired) electrons. The number of rotatable bonds is 23. The van der Waals surface area contributed by atoms with Crippen LogP contribution in [0.5, 0.6) is 17.2 Å². The van der Waals surface area contributed by atoms with E-state index >= 15 is 0 Å². The van der Waals surface area contributed by atoms with Gasteiger partial charge >= 0.3 is 0 Å². The van der Waals surface area contributed by atoms with E-state index < -0.39 is 5.41 Å². The van der Waals surface area contributed by atoms with Gasteiger partial charge in [-0.1, -0.05) is 89.3 Å². The lowest BCUT2D eigenvalue weighted by Gasteiger charge is -2.28. The van der Waals surface area contributed by atoms with Crippen molar-refractivity contribution in [3.05, 3.63) is 53.6 Å². The van der Waals surface area contributed by atoms with E-state index in [0.29, 0.717) is 11.5 Å². The van der Waals surface area contributed by atoms with Gasteiger partial charge in [-0.2, -0.15) is 15.5 Å². The van der Waals surface area contributed by atoms with Gasteiger partial charge in [0.2, 0.25) is 0 Å². The third kappa shape index (κ3) is 12.0. The van der Waals surface area contributed by atoms with Crippen LogP contribution >= 0.6 is 0 Å². The van der Waals surface area contributed by atoms with E-state index in [1.54, 1.807) is 28.4 Å². The fourth-order valence-corrected chi connectivity index (χ4v) is 5.86. The number of azo groups is 1. The van der Waals surface area contributed by atoms with Gasteiger partial charge in [0.1, 0.15) is 5.75 Å². The molecule has 0 amide bonds. The maximum atomic E-state index is 10.7. The lowest BCUT2D eigenvalue weighted by atomic mass is 9.73. The Balaban J connectivity index is 2.04. The number of nitriles is 1. The van der Waals surface area contributed by atoms with Crippen LogP contribution in [0.1, 0.15) is 114 Å². The molecule has 2 aromatic carbocycles. The predicted molar refractivity (Wildman–Crippen MR) is 173 cm³/mol. The van der Waals surface area contributed by atoms with Crippen molar-refractivity contribution < 1.29 is 14.2 Å². The third-order valence-electron chi connectivity index (χ3n) is 8.43. The molecule has 42 heavy (non-hydrogen) atoms. The number of aryl methyl sites for hydroxylation is 1. The Kier molecular flexibility index (Phi) is 17.4. The van der Waals surface area contributed by atoms with Crippen molar-refractivity contribution >= 4 is 0 Å². The number of nitrogens with zero attached hydrogens (tertiary/aromatic N) is 3. The van der Waals surface area contributed by atoms with Gasteiger partial charge in [0.15, 0.2) is 11.5 Å². The summed E-state index contributed by atoms with van der Waals surface area (Å²) in [7, 11) is 6.74. The number of ether oxygens (including phenoxy) is 3. The van der Waals surface area contributed by atoms with Crippen molar-refractivity contribution in [3.63, 3.8) is 0 Å². The summed E-state index contributed by atoms with van der Waals surface area (Å²) in [5.74, 6) is 2.24. The first-order chi connectivity index (χ1) is 20.5. The molecule has 0 aliphatic rings. The summed E-state index contributed by atoms with van der Waals surface area (Å²) in [4.78, 5) is 0. The molecular formula is C36H55N3O3. The minimum Gasteiger partial charge on any atom is -0.497 e. The number of unbranched alkanes of at least 4 members (excludes halogenated alkanes) is 9. The lowest BCUT2D eigenvalue weighted by molar-refractivity contribution is 0.351. The van der Waals surface area contributed by atoms with Gasteiger partial charge in [-0.25, -0.2) is 0 Å². The number of hydrogen-bond donors (Lipinski definition) is 0. The predicted octanol–water partition coefficient (Wildman–Crippen LogP) is 10.0. The molecule has 6 nitrogen and oxygen atoms in total. The van der Waals surface area contributed by atoms with Crippen LogP contribution in [0, 0.1) is 11.3 Å². The number of methoxy groups -OCH3 is 3. The zero-order valence-electron chi connectivity index (χ0n) is 27.0. The first kappa shape index (κ1) is 35.1. The monoisotopic (exact) mass is 577 g/mol. The lowest BCUT2D eigenvalue weighted by Crippen LogP contribution is -2.25. The standard InChI is InChI=1S/C36H55N3O3/c1-6-7-8-9-10-11-12-13-14-15-25-36(29-37,31-22-24-34(41-4)35(28-31)42-5)26-17-19-32(39-38-2)23-21-30-18-16-20-33(27-30)40-3/h16,18,20,22,24,27-28,32H,6-15,17,19,21,23,25-26H2,1-5H3/b39-38+. The highest BCUT2D eigenvalue weighted by Gasteiger charge is 2.32. The van der Waals surface area contributed by atoms with Gasteiger partial charge in [-0.15, -0.1) is 0 Å². The largest absolute Gasteiger partial charge is 0.497 e. The third-order valence-corrected chi connectivity index (χ3v) is 8.43. The topological polar surface area (TPSA) is 76.2 Å². The van der Waals surface area contributed by atoms with Crippen LogP contribution in [0.4, 0.5) is 0 Å². The molecule has 2 rings (SSSR count). The fourth-order valence-electron chi connectivity index (χ4n) is 5.86. The molecule has 0 aromatic heterocycles. The summed E-state index contributed by atoms with van der Waals surface area (Å²) in [5, 5.41) is 19.3. The van der Waals surface area contributed by atoms with E-state index in [1.165, 1.54) is 63.4 Å². The van der Waals surface area contributed by atoms with Crippen LogP contribution in [-0.4, -0.2) is 34.4 Å². The van der Waals surface area contributed by atoms with Gasteiger partial charge in [0, 0.05) is 7.05 Å². The zero-order chi connectivity index (χ0) is 30.5. The maximum Gasteiger partial charge on any atom is 0.161 e. The van der Waals surface area contributed by atoms with Crippen molar-refractivity contribution in [1.82, 2.24) is 0 Å². The zero-order valence-corrected chi connectivity index (χ0v) is 27.0. The minimum atomic E-state index is -0.569. The molecule has 0 fully saturated rings. The Morgan fingerprint density at radius 2 is 1.43 bits per heavy atom. The highest BCUT2D eigenvalue weighted by molar-refractivity contribution is 5.47. The average Bonchev–Trinajstić information content (AvgIpc) is 3.03. The van der Waals surface area contributed by atoms with Crippen molar-refractivity contribution in [1.29, 1.82) is 5.26 Å². The molecule has 0 heterocycles. The SMILES string of the molecule is CCCCCCCCCCCCC(C#N)(CCCC(CCc1cccc(OC)c1)/N=N/C)c1ccc(OC)c(OC)c1. The summed E-state index contributed by atoms with van der Waals surface area (Å²) in [6, 6.07) is 17.1. The molecule has 0 spiro atoms. The summed E-state index contributed by atoms with van der Waals surface area (Å²) in [6.45, 7) is 2.27. The van der Waals surface area contributed by atoms with Gasteiger partial charge in [0.05, 0.1) is 38.9 Å². The molecular weight excluding hydrogens is 522 g/mol. The van der Waals surface area contributed by atoms with Gasteiger partial charge in [-0.05, 0) is 73.9 Å². The van der Waals surface area contributed by atoms with Gasteiger partial charge in [-0.3, -0.25) is 0 Å².